The zero-order valence-electron chi connectivity index (χ0n) is 31.0. The number of hydrogen-bond donors (Lipinski definition) is 1. The van der Waals surface area contributed by atoms with E-state index in [9.17, 15) is 9.18 Å². The molecule has 1 aliphatic heterocycles. The zero-order chi connectivity index (χ0) is 36.7. The highest BCUT2D eigenvalue weighted by atomic mass is 19.1. The number of ketones is 1. The van der Waals surface area contributed by atoms with Crippen molar-refractivity contribution in [2.45, 2.75) is 77.7 Å². The van der Waals surface area contributed by atoms with E-state index in [0.29, 0.717) is 12.2 Å². The van der Waals surface area contributed by atoms with E-state index >= 15 is 0 Å². The average Bonchev–Trinajstić information content (AvgIpc) is 3.47. The standard InChI is InChI=1S/C20H21FN2O.C13H19NO.C10H15N/c1-23(2)11-3-10-20(17-5-7-18(21)8-6-17)19-9-4-15(13-22)12-16(19)14-24-20;1-4-14(5-2)11(3)13(15)12-9-7-6-8-10-12;1-10(2,11)8-9-6-4-3-5-7-9/h4-9,12H,3,10-11,14H2,1-2H3;6-11H,4-5H2,1-3H3;3-7H,8,11H2,1-2H3. The fourth-order valence-corrected chi connectivity index (χ4v) is 6.31. The number of hydrogen-bond acceptors (Lipinski definition) is 6. The Labute approximate surface area is 299 Å². The van der Waals surface area contributed by atoms with E-state index in [1.54, 1.807) is 12.1 Å². The number of nitrogens with zero attached hydrogens (tertiary/aromatic N) is 3. The van der Waals surface area contributed by atoms with Crippen LogP contribution < -0.4 is 5.73 Å². The van der Waals surface area contributed by atoms with Crippen LogP contribution in [0.1, 0.15) is 85.6 Å². The first-order valence-corrected chi connectivity index (χ1v) is 17.6. The minimum atomic E-state index is -0.562. The number of halogens is 1. The fourth-order valence-electron chi connectivity index (χ4n) is 6.31. The molecule has 0 saturated heterocycles. The van der Waals surface area contributed by atoms with Crippen LogP contribution in [0.25, 0.3) is 0 Å². The second-order valence-corrected chi connectivity index (χ2v) is 13.8. The maximum absolute atomic E-state index is 13.4. The second kappa shape index (κ2) is 19.3. The number of carbonyl (C=O) groups excluding carboxylic acids is 1. The number of rotatable bonds is 12. The van der Waals surface area contributed by atoms with Gasteiger partial charge in [-0.2, -0.15) is 5.26 Å². The molecule has 4 aromatic rings. The van der Waals surface area contributed by atoms with Gasteiger partial charge in [0.15, 0.2) is 5.78 Å². The number of nitriles is 1. The number of likely N-dealkylation sites (N-methyl/N-ethyl adjacent to an activating group) is 1. The highest BCUT2D eigenvalue weighted by molar-refractivity contribution is 5.99. The van der Waals surface area contributed by atoms with Crippen molar-refractivity contribution >= 4 is 5.78 Å². The van der Waals surface area contributed by atoms with Crippen LogP contribution in [0.2, 0.25) is 0 Å². The molecule has 7 heteroatoms. The molecule has 0 aliphatic carbocycles. The number of fused-ring (bicyclic) bond motifs is 1. The third kappa shape index (κ3) is 11.7. The monoisotopic (exact) mass is 678 g/mol. The van der Waals surface area contributed by atoms with Gasteiger partial charge in [0.05, 0.1) is 24.3 Å². The summed E-state index contributed by atoms with van der Waals surface area (Å²) in [6.07, 6.45) is 2.72. The molecule has 5 rings (SSSR count). The highest BCUT2D eigenvalue weighted by Gasteiger charge is 2.41. The molecule has 2 atom stereocenters. The topological polar surface area (TPSA) is 82.6 Å². The Morgan fingerprint density at radius 3 is 2.10 bits per heavy atom. The lowest BCUT2D eigenvalue weighted by Crippen LogP contribution is -2.38. The summed E-state index contributed by atoms with van der Waals surface area (Å²) in [5.41, 5.74) is 11.1. The van der Waals surface area contributed by atoms with Crippen molar-refractivity contribution in [2.24, 2.45) is 5.73 Å². The highest BCUT2D eigenvalue weighted by Crippen LogP contribution is 2.45. The summed E-state index contributed by atoms with van der Waals surface area (Å²) in [7, 11) is 4.10. The van der Waals surface area contributed by atoms with Gasteiger partial charge in [-0.15, -0.1) is 0 Å². The van der Waals surface area contributed by atoms with Crippen LogP contribution in [0, 0.1) is 17.1 Å². The Bertz CT molecular complexity index is 1640. The van der Waals surface area contributed by atoms with E-state index < -0.39 is 5.60 Å². The molecular weight excluding hydrogens is 623 g/mol. The first kappa shape index (κ1) is 40.2. The van der Waals surface area contributed by atoms with Gasteiger partial charge < -0.3 is 15.4 Å². The van der Waals surface area contributed by atoms with Crippen molar-refractivity contribution in [2.75, 3.05) is 33.7 Å². The third-order valence-corrected chi connectivity index (χ3v) is 8.89. The van der Waals surface area contributed by atoms with Crippen molar-refractivity contribution in [1.82, 2.24) is 9.80 Å². The average molecular weight is 679 g/mol. The van der Waals surface area contributed by atoms with Crippen LogP contribution in [0.4, 0.5) is 4.39 Å². The summed E-state index contributed by atoms with van der Waals surface area (Å²) >= 11 is 0. The molecule has 1 aliphatic rings. The summed E-state index contributed by atoms with van der Waals surface area (Å²) in [4.78, 5) is 16.4. The van der Waals surface area contributed by atoms with Crippen molar-refractivity contribution in [3.05, 3.63) is 142 Å². The maximum Gasteiger partial charge on any atom is 0.179 e. The van der Waals surface area contributed by atoms with Gasteiger partial charge in [0, 0.05) is 11.1 Å². The Balaban J connectivity index is 0.000000222. The van der Waals surface area contributed by atoms with Gasteiger partial charge in [0.1, 0.15) is 11.4 Å². The van der Waals surface area contributed by atoms with E-state index in [0.717, 1.165) is 61.2 Å². The molecule has 0 saturated carbocycles. The predicted molar refractivity (Wildman–Crippen MR) is 202 cm³/mol. The normalized spacial score (nSPS) is 15.6. The summed E-state index contributed by atoms with van der Waals surface area (Å²) in [5.74, 6) is -0.0421. The lowest BCUT2D eigenvalue weighted by Gasteiger charge is -2.31. The van der Waals surface area contributed by atoms with E-state index in [1.807, 2.05) is 102 Å². The van der Waals surface area contributed by atoms with Crippen LogP contribution in [-0.2, 0) is 23.4 Å². The number of nitrogens with two attached hydrogens (primary N) is 1. The first-order chi connectivity index (χ1) is 23.8. The van der Waals surface area contributed by atoms with Crippen LogP contribution in [0.5, 0.6) is 0 Å². The summed E-state index contributed by atoms with van der Waals surface area (Å²) in [5, 5.41) is 9.11. The van der Waals surface area contributed by atoms with Crippen LogP contribution in [0.15, 0.2) is 103 Å². The Morgan fingerprint density at radius 2 is 1.56 bits per heavy atom. The van der Waals surface area contributed by atoms with Crippen molar-refractivity contribution in [3.8, 4) is 6.07 Å². The summed E-state index contributed by atoms with van der Waals surface area (Å²) in [6.45, 7) is 13.5. The van der Waals surface area contributed by atoms with E-state index in [2.05, 4.69) is 41.8 Å². The third-order valence-electron chi connectivity index (χ3n) is 8.89. The molecule has 0 amide bonds. The van der Waals surface area contributed by atoms with Gasteiger partial charge in [-0.1, -0.05) is 92.7 Å². The molecule has 0 fully saturated rings. The van der Waals surface area contributed by atoms with Gasteiger partial charge in [-0.3, -0.25) is 9.69 Å². The SMILES string of the molecule is CC(C)(N)Cc1ccccc1.CCN(CC)C(C)C(=O)c1ccccc1.CN(C)CCCC1(c2ccc(F)cc2)OCc2cc(C#N)ccc21. The van der Waals surface area contributed by atoms with Gasteiger partial charge >= 0.3 is 0 Å². The molecule has 1 heterocycles. The molecule has 2 unspecified atom stereocenters. The molecule has 0 spiro atoms. The molecule has 2 N–H and O–H groups in total. The fraction of sp³-hybridized carbons (Fsp3) is 0.395. The lowest BCUT2D eigenvalue weighted by molar-refractivity contribution is -0.0140. The predicted octanol–water partition coefficient (Wildman–Crippen LogP) is 8.38. The van der Waals surface area contributed by atoms with Gasteiger partial charge in [-0.05, 0) is 120 Å². The molecular formula is C43H55FN4O2. The minimum absolute atomic E-state index is 0.0256. The van der Waals surface area contributed by atoms with Crippen LogP contribution in [-0.4, -0.2) is 60.9 Å². The Kier molecular flexibility index (Phi) is 15.5. The largest absolute Gasteiger partial charge is 0.361 e. The second-order valence-electron chi connectivity index (χ2n) is 13.8. The molecule has 0 aromatic heterocycles. The Hall–Kier alpha value is -4.19. The van der Waals surface area contributed by atoms with Gasteiger partial charge in [0.2, 0.25) is 0 Å². The minimum Gasteiger partial charge on any atom is -0.361 e. The molecule has 4 aromatic carbocycles. The van der Waals surface area contributed by atoms with Gasteiger partial charge in [0.25, 0.3) is 0 Å². The lowest BCUT2D eigenvalue weighted by atomic mass is 9.81. The molecule has 6 nitrogen and oxygen atoms in total. The van der Waals surface area contributed by atoms with E-state index in [4.69, 9.17) is 15.7 Å². The maximum atomic E-state index is 13.4. The number of benzene rings is 4. The van der Waals surface area contributed by atoms with Crippen LogP contribution in [0.3, 0.4) is 0 Å². The van der Waals surface area contributed by atoms with E-state index in [1.165, 1.54) is 17.7 Å². The molecule has 0 bridgehead atoms. The molecule has 0 radical (unpaired) electrons. The zero-order valence-corrected chi connectivity index (χ0v) is 31.0. The number of Topliss-reactive ketones (excluding diaryl/α,β-unsaturated/α-hetero) is 1. The number of carbonyl (C=O) groups is 1. The van der Waals surface area contributed by atoms with Crippen molar-refractivity contribution in [1.29, 1.82) is 5.26 Å². The van der Waals surface area contributed by atoms with Crippen LogP contribution >= 0.6 is 0 Å². The summed E-state index contributed by atoms with van der Waals surface area (Å²) < 4.78 is 19.6. The number of ether oxygens (including phenoxy) is 1. The van der Waals surface area contributed by atoms with Gasteiger partial charge in [-0.25, -0.2) is 4.39 Å². The Morgan fingerprint density at radius 1 is 0.960 bits per heavy atom. The molecule has 50 heavy (non-hydrogen) atoms. The smallest absolute Gasteiger partial charge is 0.179 e. The first-order valence-electron chi connectivity index (χ1n) is 17.6. The summed E-state index contributed by atoms with van der Waals surface area (Å²) in [6, 6.07) is 34.2. The van der Waals surface area contributed by atoms with Crippen molar-refractivity contribution in [3.63, 3.8) is 0 Å². The van der Waals surface area contributed by atoms with E-state index in [-0.39, 0.29) is 23.2 Å². The molecule has 266 valence electrons. The van der Waals surface area contributed by atoms with Crippen molar-refractivity contribution < 1.29 is 13.9 Å². The quantitative estimate of drug-likeness (QED) is 0.152.